The van der Waals surface area contributed by atoms with Crippen molar-refractivity contribution in [1.82, 2.24) is 19.7 Å². The van der Waals surface area contributed by atoms with Crippen molar-refractivity contribution in [2.24, 2.45) is 0 Å². The van der Waals surface area contributed by atoms with Gasteiger partial charge in [0.05, 0.1) is 29.4 Å². The van der Waals surface area contributed by atoms with Gasteiger partial charge in [-0.25, -0.2) is 4.98 Å². The number of nitrogens with zero attached hydrogens (tertiary/aromatic N) is 4. The molecule has 39 heavy (non-hydrogen) atoms. The first-order valence-electron chi connectivity index (χ1n) is 12.8. The van der Waals surface area contributed by atoms with Crippen LogP contribution in [0.4, 0.5) is 13.2 Å². The van der Waals surface area contributed by atoms with Crippen molar-refractivity contribution in [3.8, 4) is 22.6 Å². The van der Waals surface area contributed by atoms with Gasteiger partial charge in [-0.15, -0.1) is 10.2 Å². The van der Waals surface area contributed by atoms with Crippen LogP contribution in [-0.2, 0) is 23.2 Å². The summed E-state index contributed by atoms with van der Waals surface area (Å²) in [4.78, 5) is 4.89. The van der Waals surface area contributed by atoms with Gasteiger partial charge in [-0.2, -0.15) is 13.2 Å². The number of ether oxygens (including phenoxy) is 1. The highest BCUT2D eigenvalue weighted by Gasteiger charge is 2.33. The zero-order valence-corrected chi connectivity index (χ0v) is 21.8. The summed E-state index contributed by atoms with van der Waals surface area (Å²) in [6.07, 6.45) is -2.55. The zero-order valence-electron chi connectivity index (χ0n) is 20.9. The summed E-state index contributed by atoms with van der Waals surface area (Å²) in [7, 11) is 0. The van der Waals surface area contributed by atoms with Gasteiger partial charge in [-0.3, -0.25) is 4.57 Å². The normalized spacial score (nSPS) is 15.7. The molecule has 1 fully saturated rings. The molecule has 198 valence electrons. The van der Waals surface area contributed by atoms with Gasteiger partial charge in [0, 0.05) is 28.9 Å². The van der Waals surface area contributed by atoms with E-state index in [9.17, 15) is 13.2 Å². The molecule has 6 rings (SSSR count). The highest BCUT2D eigenvalue weighted by molar-refractivity contribution is 7.98. The molecular formula is C30H25F3N4OS. The van der Waals surface area contributed by atoms with Crippen LogP contribution in [0, 0.1) is 0 Å². The molecule has 1 aliphatic heterocycles. The molecule has 5 nitrogen and oxygen atoms in total. The molecule has 1 unspecified atom stereocenters. The predicted molar refractivity (Wildman–Crippen MR) is 146 cm³/mol. The van der Waals surface area contributed by atoms with E-state index >= 15 is 0 Å². The van der Waals surface area contributed by atoms with Gasteiger partial charge in [0.1, 0.15) is 0 Å². The maximum Gasteiger partial charge on any atom is 0.416 e. The molecule has 1 atom stereocenters. The summed E-state index contributed by atoms with van der Waals surface area (Å²) < 4.78 is 48.8. The number of hydrogen-bond acceptors (Lipinski definition) is 5. The van der Waals surface area contributed by atoms with E-state index in [1.165, 1.54) is 23.9 Å². The van der Waals surface area contributed by atoms with Crippen molar-refractivity contribution >= 4 is 22.7 Å². The van der Waals surface area contributed by atoms with Crippen LogP contribution in [-0.4, -0.2) is 32.5 Å². The largest absolute Gasteiger partial charge is 0.416 e. The molecule has 0 radical (unpaired) electrons. The Bertz CT molecular complexity index is 1600. The van der Waals surface area contributed by atoms with E-state index in [0.29, 0.717) is 24.1 Å². The zero-order chi connectivity index (χ0) is 26.8. The number of alkyl halides is 3. The van der Waals surface area contributed by atoms with Gasteiger partial charge in [-0.05, 0) is 36.6 Å². The fraction of sp³-hybridized carbons (Fsp3) is 0.233. The van der Waals surface area contributed by atoms with E-state index in [1.807, 2.05) is 65.2 Å². The number of pyridine rings is 1. The lowest BCUT2D eigenvalue weighted by Crippen LogP contribution is -2.17. The van der Waals surface area contributed by atoms with Crippen LogP contribution in [0.1, 0.15) is 24.0 Å². The van der Waals surface area contributed by atoms with E-state index in [4.69, 9.17) is 9.72 Å². The summed E-state index contributed by atoms with van der Waals surface area (Å²) in [5, 5.41) is 10.5. The first-order chi connectivity index (χ1) is 19.0. The Labute approximate surface area is 228 Å². The Kier molecular flexibility index (Phi) is 7.10. The van der Waals surface area contributed by atoms with E-state index in [-0.39, 0.29) is 17.4 Å². The lowest BCUT2D eigenvalue weighted by molar-refractivity contribution is -0.138. The molecule has 3 heterocycles. The van der Waals surface area contributed by atoms with Crippen LogP contribution in [0.15, 0.2) is 90.1 Å². The fourth-order valence-electron chi connectivity index (χ4n) is 4.93. The number of para-hydroxylation sites is 1. The molecule has 0 bridgehead atoms. The third kappa shape index (κ3) is 5.42. The Balaban J connectivity index is 1.44. The van der Waals surface area contributed by atoms with Crippen LogP contribution in [0.5, 0.6) is 0 Å². The second-order valence-electron chi connectivity index (χ2n) is 9.43. The highest BCUT2D eigenvalue weighted by atomic mass is 32.2. The van der Waals surface area contributed by atoms with Gasteiger partial charge in [-0.1, -0.05) is 78.5 Å². The van der Waals surface area contributed by atoms with Gasteiger partial charge in [0.15, 0.2) is 11.0 Å². The molecule has 0 aliphatic carbocycles. The quantitative estimate of drug-likeness (QED) is 0.196. The molecule has 5 aromatic rings. The second kappa shape index (κ2) is 10.8. The number of thioether (sulfide) groups is 1. The van der Waals surface area contributed by atoms with Gasteiger partial charge in [0.25, 0.3) is 0 Å². The monoisotopic (exact) mass is 546 g/mol. The molecule has 0 amide bonds. The van der Waals surface area contributed by atoms with Gasteiger partial charge >= 0.3 is 6.18 Å². The molecule has 9 heteroatoms. The minimum Gasteiger partial charge on any atom is -0.376 e. The van der Waals surface area contributed by atoms with E-state index in [1.54, 1.807) is 6.07 Å². The summed E-state index contributed by atoms with van der Waals surface area (Å²) in [6.45, 7) is 1.21. The number of halogens is 3. The average Bonchev–Trinajstić information content (AvgIpc) is 3.62. The molecular weight excluding hydrogens is 521 g/mol. The average molecular weight is 547 g/mol. The topological polar surface area (TPSA) is 52.8 Å². The number of benzene rings is 3. The fourth-order valence-corrected chi connectivity index (χ4v) is 5.89. The number of hydrogen-bond donors (Lipinski definition) is 0. The Morgan fingerprint density at radius 3 is 2.49 bits per heavy atom. The van der Waals surface area contributed by atoms with Crippen LogP contribution >= 0.6 is 11.8 Å². The van der Waals surface area contributed by atoms with Crippen molar-refractivity contribution in [3.63, 3.8) is 0 Å². The lowest BCUT2D eigenvalue weighted by atomic mass is 10.0. The van der Waals surface area contributed by atoms with Crippen molar-refractivity contribution < 1.29 is 17.9 Å². The maximum atomic E-state index is 13.6. The molecule has 0 saturated carbocycles. The summed E-state index contributed by atoms with van der Waals surface area (Å²) in [5.74, 6) is 0.763. The first-order valence-corrected chi connectivity index (χ1v) is 13.7. The van der Waals surface area contributed by atoms with Gasteiger partial charge < -0.3 is 4.74 Å². The molecule has 2 aromatic heterocycles. The summed E-state index contributed by atoms with van der Waals surface area (Å²) in [5.41, 5.74) is 3.07. The molecule has 1 saturated heterocycles. The van der Waals surface area contributed by atoms with Crippen molar-refractivity contribution in [2.75, 3.05) is 6.61 Å². The predicted octanol–water partition coefficient (Wildman–Crippen LogP) is 7.65. The minimum atomic E-state index is -4.42. The van der Waals surface area contributed by atoms with Crippen LogP contribution in [0.3, 0.4) is 0 Å². The van der Waals surface area contributed by atoms with Crippen LogP contribution in [0.25, 0.3) is 33.5 Å². The Morgan fingerprint density at radius 2 is 1.69 bits per heavy atom. The van der Waals surface area contributed by atoms with Crippen molar-refractivity contribution in [1.29, 1.82) is 0 Å². The first kappa shape index (κ1) is 25.6. The number of aromatic nitrogens is 4. The maximum absolute atomic E-state index is 13.6. The van der Waals surface area contributed by atoms with E-state index < -0.39 is 11.7 Å². The Hall–Kier alpha value is -3.69. The molecule has 0 spiro atoms. The van der Waals surface area contributed by atoms with Crippen LogP contribution in [0.2, 0.25) is 0 Å². The number of fused-ring (bicyclic) bond motifs is 1. The third-order valence-corrected chi connectivity index (χ3v) is 7.85. The summed E-state index contributed by atoms with van der Waals surface area (Å²) in [6, 6.07) is 25.5. The molecule has 3 aromatic carbocycles. The standard InChI is InChI=1S/C30H25F3N4OS/c31-30(32,33)25-14-6-4-11-21(25)19-39-29-36-35-28(37(29)18-22-12-8-16-38-22)24-17-27(20-9-2-1-3-10-20)34-26-15-7-5-13-23(24)26/h1-7,9-11,13-15,17,22H,8,12,16,18-19H2. The second-order valence-corrected chi connectivity index (χ2v) is 10.4. The highest BCUT2D eigenvalue weighted by Crippen LogP contribution is 2.37. The molecule has 1 aliphatic rings. The van der Waals surface area contributed by atoms with E-state index in [2.05, 4.69) is 10.2 Å². The van der Waals surface area contributed by atoms with Crippen LogP contribution < -0.4 is 0 Å². The number of rotatable bonds is 7. The van der Waals surface area contributed by atoms with Crippen molar-refractivity contribution in [2.45, 2.75) is 42.6 Å². The SMILES string of the molecule is FC(F)(F)c1ccccc1CSc1nnc(-c2cc(-c3ccccc3)nc3ccccc23)n1CC1CCCO1. The molecule has 0 N–H and O–H groups in total. The van der Waals surface area contributed by atoms with E-state index in [0.717, 1.165) is 46.6 Å². The van der Waals surface area contributed by atoms with Crippen molar-refractivity contribution in [3.05, 3.63) is 96.1 Å². The lowest BCUT2D eigenvalue weighted by Gasteiger charge is -2.17. The minimum absolute atomic E-state index is 0.0109. The smallest absolute Gasteiger partial charge is 0.376 e. The summed E-state index contributed by atoms with van der Waals surface area (Å²) >= 11 is 1.25. The van der Waals surface area contributed by atoms with Gasteiger partial charge in [0.2, 0.25) is 0 Å². The third-order valence-electron chi connectivity index (χ3n) is 6.83. The Morgan fingerprint density at radius 1 is 0.923 bits per heavy atom.